The van der Waals surface area contributed by atoms with E-state index < -0.39 is 17.8 Å². The number of halogens is 4. The summed E-state index contributed by atoms with van der Waals surface area (Å²) in [6.45, 7) is 3.44. The molecule has 3 aromatic rings. The van der Waals surface area contributed by atoms with Crippen LogP contribution in [0.25, 0.3) is 10.9 Å². The summed E-state index contributed by atoms with van der Waals surface area (Å²) in [5, 5.41) is 4.01. The van der Waals surface area contributed by atoms with Gasteiger partial charge >= 0.3 is 6.18 Å². The summed E-state index contributed by atoms with van der Waals surface area (Å²) < 4.78 is 39.1. The fraction of sp³-hybridized carbons (Fsp3) is 0.235. The Balaban J connectivity index is 2.01. The normalized spacial score (nSPS) is 13.0. The molecule has 3 N–H and O–H groups in total. The Morgan fingerprint density at radius 2 is 1.88 bits per heavy atom. The standard InChI is InChI=1S/C17H15ClF3N5/c1-8(10-3-11(17(19,20)21)5-12(22)4-10)24-16-13-6-15(18)23-7-14(13)25-9(2)26-16/h3-8H,22H2,1-2H3,(H,24,25,26). The van der Waals surface area contributed by atoms with E-state index >= 15 is 0 Å². The zero-order chi connectivity index (χ0) is 19.1. The van der Waals surface area contributed by atoms with Crippen molar-refractivity contribution in [1.29, 1.82) is 0 Å². The first-order valence-electron chi connectivity index (χ1n) is 7.67. The summed E-state index contributed by atoms with van der Waals surface area (Å²) in [7, 11) is 0. The molecule has 1 aromatic carbocycles. The van der Waals surface area contributed by atoms with Crippen molar-refractivity contribution in [3.05, 3.63) is 52.6 Å². The highest BCUT2D eigenvalue weighted by Crippen LogP contribution is 2.34. The maximum atomic E-state index is 13.0. The lowest BCUT2D eigenvalue weighted by atomic mass is 10.0. The minimum atomic E-state index is -4.47. The number of hydrogen-bond donors (Lipinski definition) is 2. The van der Waals surface area contributed by atoms with Crippen molar-refractivity contribution in [3.63, 3.8) is 0 Å². The molecule has 0 saturated carbocycles. The lowest BCUT2D eigenvalue weighted by molar-refractivity contribution is -0.137. The van der Waals surface area contributed by atoms with Crippen LogP contribution >= 0.6 is 11.6 Å². The van der Waals surface area contributed by atoms with E-state index in [1.165, 1.54) is 12.3 Å². The molecule has 2 heterocycles. The first-order chi connectivity index (χ1) is 12.1. The first-order valence-corrected chi connectivity index (χ1v) is 8.05. The summed E-state index contributed by atoms with van der Waals surface area (Å²) >= 11 is 5.94. The fourth-order valence-electron chi connectivity index (χ4n) is 2.61. The molecule has 0 bridgehead atoms. The number of benzene rings is 1. The van der Waals surface area contributed by atoms with Crippen molar-refractivity contribution >= 4 is 34.0 Å². The quantitative estimate of drug-likeness (QED) is 0.505. The number of alkyl halides is 3. The summed E-state index contributed by atoms with van der Waals surface area (Å²) in [5.41, 5.74) is 5.86. The zero-order valence-electron chi connectivity index (χ0n) is 13.9. The lowest BCUT2D eigenvalue weighted by Gasteiger charge is -2.19. The highest BCUT2D eigenvalue weighted by Gasteiger charge is 2.31. The number of aryl methyl sites for hydroxylation is 1. The number of fused-ring (bicyclic) bond motifs is 1. The Morgan fingerprint density at radius 3 is 2.58 bits per heavy atom. The van der Waals surface area contributed by atoms with Gasteiger partial charge < -0.3 is 11.1 Å². The van der Waals surface area contributed by atoms with E-state index in [-0.39, 0.29) is 10.8 Å². The smallest absolute Gasteiger partial charge is 0.399 e. The minimum absolute atomic E-state index is 0.0412. The molecule has 5 nitrogen and oxygen atoms in total. The van der Waals surface area contributed by atoms with Crippen LogP contribution in [0, 0.1) is 6.92 Å². The Kier molecular flexibility index (Phi) is 4.62. The zero-order valence-corrected chi connectivity index (χ0v) is 14.7. The minimum Gasteiger partial charge on any atom is -0.399 e. The second kappa shape index (κ2) is 6.60. The van der Waals surface area contributed by atoms with Crippen molar-refractivity contribution in [2.24, 2.45) is 0 Å². The van der Waals surface area contributed by atoms with Gasteiger partial charge in [0.15, 0.2) is 0 Å². The summed E-state index contributed by atoms with van der Waals surface area (Å²) in [6.07, 6.45) is -2.95. The summed E-state index contributed by atoms with van der Waals surface area (Å²) in [6, 6.07) is 4.60. The van der Waals surface area contributed by atoms with Gasteiger partial charge in [-0.25, -0.2) is 15.0 Å². The molecule has 0 radical (unpaired) electrons. The van der Waals surface area contributed by atoms with Gasteiger partial charge in [-0.05, 0) is 43.7 Å². The third kappa shape index (κ3) is 3.80. The molecule has 0 aliphatic carbocycles. The maximum Gasteiger partial charge on any atom is 0.416 e. The van der Waals surface area contributed by atoms with E-state index in [0.29, 0.717) is 28.1 Å². The Hall–Kier alpha value is -2.61. The third-order valence-electron chi connectivity index (χ3n) is 3.82. The number of nitrogens with two attached hydrogens (primary N) is 1. The number of anilines is 2. The van der Waals surface area contributed by atoms with E-state index in [1.807, 2.05) is 0 Å². The molecule has 1 unspecified atom stereocenters. The predicted octanol–water partition coefficient (Wildman–Crippen LogP) is 4.76. The van der Waals surface area contributed by atoms with Crippen LogP contribution in [-0.2, 0) is 6.18 Å². The van der Waals surface area contributed by atoms with Crippen molar-refractivity contribution in [1.82, 2.24) is 15.0 Å². The predicted molar refractivity (Wildman–Crippen MR) is 95.0 cm³/mol. The van der Waals surface area contributed by atoms with Crippen molar-refractivity contribution in [2.45, 2.75) is 26.1 Å². The Morgan fingerprint density at radius 1 is 1.15 bits per heavy atom. The molecule has 0 fully saturated rings. The summed E-state index contributed by atoms with van der Waals surface area (Å²) in [4.78, 5) is 12.6. The molecule has 26 heavy (non-hydrogen) atoms. The molecule has 136 valence electrons. The van der Waals surface area contributed by atoms with Crippen molar-refractivity contribution in [3.8, 4) is 0 Å². The second-order valence-corrected chi connectivity index (χ2v) is 6.28. The lowest BCUT2D eigenvalue weighted by Crippen LogP contribution is -2.12. The largest absolute Gasteiger partial charge is 0.416 e. The highest BCUT2D eigenvalue weighted by atomic mass is 35.5. The number of hydrogen-bond acceptors (Lipinski definition) is 5. The third-order valence-corrected chi connectivity index (χ3v) is 4.03. The Bertz CT molecular complexity index is 975. The molecule has 9 heteroatoms. The van der Waals surface area contributed by atoms with Crippen LogP contribution < -0.4 is 11.1 Å². The average Bonchev–Trinajstić information content (AvgIpc) is 2.54. The van der Waals surface area contributed by atoms with Crippen molar-refractivity contribution < 1.29 is 13.2 Å². The van der Waals surface area contributed by atoms with Crippen LogP contribution in [0.2, 0.25) is 5.15 Å². The van der Waals surface area contributed by atoms with E-state index in [1.54, 1.807) is 19.9 Å². The maximum absolute atomic E-state index is 13.0. The molecule has 0 aliphatic heterocycles. The first kappa shape index (κ1) is 18.2. The monoisotopic (exact) mass is 381 g/mol. The number of rotatable bonds is 3. The summed E-state index contributed by atoms with van der Waals surface area (Å²) in [5.74, 6) is 0.958. The highest BCUT2D eigenvalue weighted by molar-refractivity contribution is 6.30. The van der Waals surface area contributed by atoms with Crippen LogP contribution in [0.3, 0.4) is 0 Å². The van der Waals surface area contributed by atoms with E-state index in [4.69, 9.17) is 17.3 Å². The average molecular weight is 382 g/mol. The number of pyridine rings is 1. The van der Waals surface area contributed by atoms with Crippen LogP contribution in [-0.4, -0.2) is 15.0 Å². The SMILES string of the molecule is Cc1nc(NC(C)c2cc(N)cc(C(F)(F)F)c2)c2cc(Cl)ncc2n1. The molecule has 1 atom stereocenters. The molecule has 0 spiro atoms. The number of nitrogens with zero attached hydrogens (tertiary/aromatic N) is 3. The molecule has 0 aliphatic rings. The number of aromatic nitrogens is 3. The van der Waals surface area contributed by atoms with Gasteiger partial charge in [-0.3, -0.25) is 0 Å². The molecular weight excluding hydrogens is 367 g/mol. The van der Waals surface area contributed by atoms with Crippen LogP contribution in [0.4, 0.5) is 24.7 Å². The van der Waals surface area contributed by atoms with Gasteiger partial charge in [-0.1, -0.05) is 11.6 Å². The number of nitrogen functional groups attached to an aromatic ring is 1. The fourth-order valence-corrected chi connectivity index (χ4v) is 2.77. The molecule has 0 saturated heterocycles. The molecule has 2 aromatic heterocycles. The van der Waals surface area contributed by atoms with Gasteiger partial charge in [-0.15, -0.1) is 0 Å². The van der Waals surface area contributed by atoms with Crippen molar-refractivity contribution in [2.75, 3.05) is 11.1 Å². The van der Waals surface area contributed by atoms with Gasteiger partial charge in [0.25, 0.3) is 0 Å². The second-order valence-electron chi connectivity index (χ2n) is 5.90. The van der Waals surface area contributed by atoms with Crippen LogP contribution in [0.1, 0.15) is 29.9 Å². The van der Waals surface area contributed by atoms with Gasteiger partial charge in [0.2, 0.25) is 0 Å². The van der Waals surface area contributed by atoms with E-state index in [2.05, 4.69) is 20.3 Å². The van der Waals surface area contributed by atoms with E-state index in [0.717, 1.165) is 12.1 Å². The van der Waals surface area contributed by atoms with Gasteiger partial charge in [0.05, 0.1) is 23.3 Å². The molecular formula is C17H15ClF3N5. The van der Waals surface area contributed by atoms with Crippen LogP contribution in [0.5, 0.6) is 0 Å². The van der Waals surface area contributed by atoms with E-state index in [9.17, 15) is 13.2 Å². The molecule has 3 rings (SSSR count). The van der Waals surface area contributed by atoms with Gasteiger partial charge in [0, 0.05) is 11.1 Å². The van der Waals surface area contributed by atoms with Gasteiger partial charge in [0.1, 0.15) is 16.8 Å². The van der Waals surface area contributed by atoms with Crippen LogP contribution in [0.15, 0.2) is 30.5 Å². The Labute approximate surface area is 152 Å². The van der Waals surface area contributed by atoms with Gasteiger partial charge in [-0.2, -0.15) is 13.2 Å². The topological polar surface area (TPSA) is 76.7 Å². The molecule has 0 amide bonds. The number of nitrogens with one attached hydrogen (secondary N) is 1.